The topological polar surface area (TPSA) is 30.2 Å². The van der Waals surface area contributed by atoms with E-state index in [9.17, 15) is 4.79 Å². The Hall–Kier alpha value is -4.13. The highest BCUT2D eigenvalue weighted by Gasteiger charge is 2.33. The number of benzene rings is 4. The number of carbonyl (C=O) groups excluding carboxylic acids is 1. The van der Waals surface area contributed by atoms with Gasteiger partial charge in [-0.25, -0.2) is 0 Å². The maximum atomic E-state index is 14.3. The molecule has 35 heavy (non-hydrogen) atoms. The number of carbonyl (C=O) groups is 1. The molecular formula is C32H25O2P. The van der Waals surface area contributed by atoms with Crippen molar-refractivity contribution in [3.05, 3.63) is 157 Å². The van der Waals surface area contributed by atoms with Crippen LogP contribution in [-0.4, -0.2) is 11.1 Å². The van der Waals surface area contributed by atoms with Crippen molar-refractivity contribution in [2.45, 2.75) is 0 Å². The third-order valence-corrected chi connectivity index (χ3v) is 10.4. The average Bonchev–Trinajstić information content (AvgIpc) is 3.46. The summed E-state index contributed by atoms with van der Waals surface area (Å²) in [5.74, 6) is 0.617. The highest BCUT2D eigenvalue weighted by Crippen LogP contribution is 2.47. The van der Waals surface area contributed by atoms with E-state index in [4.69, 9.17) is 4.42 Å². The van der Waals surface area contributed by atoms with E-state index in [1.54, 1.807) is 18.4 Å². The van der Waals surface area contributed by atoms with Gasteiger partial charge < -0.3 is 4.42 Å². The summed E-state index contributed by atoms with van der Waals surface area (Å²) < 4.78 is 5.47. The Kier molecular flexibility index (Phi) is 6.75. The monoisotopic (exact) mass is 472 g/mol. The van der Waals surface area contributed by atoms with Crippen LogP contribution in [0.4, 0.5) is 0 Å². The summed E-state index contributed by atoms with van der Waals surface area (Å²) >= 11 is 0. The standard InChI is InChI=1S/C32H25O2P/c33-31(24-23-27-16-13-25-34-27)32(26-14-5-1-6-15-26)35(28-17-7-2-8-18-28,29-19-9-3-10-20-29)30-21-11-4-12-22-30/h1-25H/b24-23+. The Balaban J connectivity index is 1.96. The van der Waals surface area contributed by atoms with Crippen LogP contribution in [0.1, 0.15) is 11.3 Å². The Labute approximate surface area is 206 Å². The van der Waals surface area contributed by atoms with Gasteiger partial charge in [-0.15, -0.1) is 0 Å². The molecule has 0 saturated heterocycles. The fraction of sp³-hybridized carbons (Fsp3) is 0. The normalized spacial score (nSPS) is 11.4. The van der Waals surface area contributed by atoms with Crippen LogP contribution >= 0.6 is 6.89 Å². The highest BCUT2D eigenvalue weighted by molar-refractivity contribution is 7.96. The van der Waals surface area contributed by atoms with Crippen LogP contribution in [-0.2, 0) is 4.79 Å². The van der Waals surface area contributed by atoms with Gasteiger partial charge in [0.1, 0.15) is 5.76 Å². The second-order valence-electron chi connectivity index (χ2n) is 8.11. The second kappa shape index (κ2) is 10.4. The summed E-state index contributed by atoms with van der Waals surface area (Å²) in [7, 11) is 0. The lowest BCUT2D eigenvalue weighted by Crippen LogP contribution is -2.33. The highest BCUT2D eigenvalue weighted by atomic mass is 31.2. The number of furan rings is 1. The molecule has 0 amide bonds. The summed E-state index contributed by atoms with van der Waals surface area (Å²) in [6.45, 7) is -2.56. The molecule has 0 N–H and O–H groups in total. The molecule has 5 aromatic rings. The molecule has 0 aliphatic rings. The molecule has 1 heterocycles. The van der Waals surface area contributed by atoms with Crippen molar-refractivity contribution in [1.82, 2.24) is 0 Å². The number of ketones is 1. The molecule has 1 aromatic heterocycles. The van der Waals surface area contributed by atoms with Crippen molar-refractivity contribution in [1.29, 1.82) is 0 Å². The third-order valence-electron chi connectivity index (χ3n) is 5.99. The van der Waals surface area contributed by atoms with Gasteiger partial charge in [-0.3, -0.25) is 4.79 Å². The Morgan fingerprint density at radius 2 is 1.03 bits per heavy atom. The molecule has 0 aliphatic heterocycles. The number of hydrogen-bond donors (Lipinski definition) is 0. The van der Waals surface area contributed by atoms with Crippen LogP contribution < -0.4 is 15.9 Å². The van der Waals surface area contributed by atoms with E-state index in [1.807, 2.05) is 60.7 Å². The van der Waals surface area contributed by atoms with Crippen molar-refractivity contribution >= 4 is 40.0 Å². The van der Waals surface area contributed by atoms with E-state index in [0.717, 1.165) is 26.8 Å². The first-order valence-corrected chi connectivity index (χ1v) is 13.3. The molecule has 3 heteroatoms. The van der Waals surface area contributed by atoms with E-state index in [1.165, 1.54) is 0 Å². The van der Waals surface area contributed by atoms with Gasteiger partial charge in [0.05, 0.1) is 6.26 Å². The predicted molar refractivity (Wildman–Crippen MR) is 148 cm³/mol. The number of rotatable bonds is 7. The van der Waals surface area contributed by atoms with Gasteiger partial charge in [0.15, 0.2) is 5.78 Å². The number of allylic oxidation sites excluding steroid dienone is 1. The van der Waals surface area contributed by atoms with E-state index in [-0.39, 0.29) is 5.78 Å². The fourth-order valence-corrected chi connectivity index (χ4v) is 8.98. The van der Waals surface area contributed by atoms with Gasteiger partial charge in [-0.05, 0) is 52.6 Å². The molecule has 0 bridgehead atoms. The molecule has 0 aliphatic carbocycles. The van der Waals surface area contributed by atoms with E-state index in [0.29, 0.717) is 5.76 Å². The molecule has 0 spiro atoms. The Bertz CT molecular complexity index is 1370. The molecule has 0 atom stereocenters. The van der Waals surface area contributed by atoms with Crippen molar-refractivity contribution in [3.63, 3.8) is 0 Å². The van der Waals surface area contributed by atoms with Gasteiger partial charge in [0, 0.05) is 5.29 Å². The van der Waals surface area contributed by atoms with Crippen LogP contribution in [0.5, 0.6) is 0 Å². The van der Waals surface area contributed by atoms with Crippen LogP contribution in [0.2, 0.25) is 0 Å². The first-order chi connectivity index (χ1) is 17.3. The van der Waals surface area contributed by atoms with Crippen LogP contribution in [0.15, 0.2) is 150 Å². The summed E-state index contributed by atoms with van der Waals surface area (Å²) in [5, 5.41) is 4.20. The molecule has 170 valence electrons. The van der Waals surface area contributed by atoms with Gasteiger partial charge in [-0.1, -0.05) is 121 Å². The molecule has 0 fully saturated rings. The van der Waals surface area contributed by atoms with Crippen molar-refractivity contribution in [2.75, 3.05) is 0 Å². The molecular weight excluding hydrogens is 447 g/mol. The van der Waals surface area contributed by atoms with Crippen molar-refractivity contribution in [3.8, 4) is 0 Å². The Morgan fingerprint density at radius 3 is 1.46 bits per heavy atom. The largest absolute Gasteiger partial charge is 0.465 e. The summed E-state index contributed by atoms with van der Waals surface area (Å²) in [6, 6.07) is 45.0. The first kappa shape index (κ1) is 22.7. The van der Waals surface area contributed by atoms with Gasteiger partial charge in [0.25, 0.3) is 0 Å². The molecule has 2 nitrogen and oxygen atoms in total. The fourth-order valence-electron chi connectivity index (χ4n) is 4.51. The zero-order chi connectivity index (χ0) is 23.9. The zero-order valence-corrected chi connectivity index (χ0v) is 20.1. The predicted octanol–water partition coefficient (Wildman–Crippen LogP) is 6.08. The van der Waals surface area contributed by atoms with Crippen LogP contribution in [0.25, 0.3) is 6.08 Å². The molecule has 0 unspecified atom stereocenters. The average molecular weight is 473 g/mol. The van der Waals surface area contributed by atoms with Gasteiger partial charge in [-0.2, -0.15) is 0 Å². The van der Waals surface area contributed by atoms with Crippen molar-refractivity contribution < 1.29 is 9.21 Å². The SMILES string of the molecule is O=C(/C=C/c1ccco1)C(c1ccccc1)=P(c1ccccc1)(c1ccccc1)c1ccccc1. The molecule has 4 aromatic carbocycles. The summed E-state index contributed by atoms with van der Waals surface area (Å²) in [6.07, 6.45) is 5.01. The second-order valence-corrected chi connectivity index (χ2v) is 11.4. The van der Waals surface area contributed by atoms with Gasteiger partial charge in [0.2, 0.25) is 0 Å². The maximum absolute atomic E-state index is 14.3. The Morgan fingerprint density at radius 1 is 0.571 bits per heavy atom. The molecule has 5 rings (SSSR count). The summed E-state index contributed by atoms with van der Waals surface area (Å²) in [4.78, 5) is 14.3. The lowest BCUT2D eigenvalue weighted by molar-refractivity contribution is -0.108. The smallest absolute Gasteiger partial charge is 0.187 e. The van der Waals surface area contributed by atoms with E-state index >= 15 is 0 Å². The minimum Gasteiger partial charge on any atom is -0.465 e. The van der Waals surface area contributed by atoms with Crippen molar-refractivity contribution in [2.24, 2.45) is 0 Å². The van der Waals surface area contributed by atoms with Gasteiger partial charge >= 0.3 is 0 Å². The van der Waals surface area contributed by atoms with E-state index in [2.05, 4.69) is 72.8 Å². The van der Waals surface area contributed by atoms with Crippen LogP contribution in [0.3, 0.4) is 0 Å². The minimum atomic E-state index is -2.56. The van der Waals surface area contributed by atoms with E-state index < -0.39 is 6.89 Å². The van der Waals surface area contributed by atoms with Crippen LogP contribution in [0, 0.1) is 0 Å². The third kappa shape index (κ3) is 4.49. The molecule has 0 saturated carbocycles. The first-order valence-electron chi connectivity index (χ1n) is 11.5. The number of hydrogen-bond acceptors (Lipinski definition) is 2. The lowest BCUT2D eigenvalue weighted by atomic mass is 10.1. The summed E-state index contributed by atoms with van der Waals surface area (Å²) in [5.41, 5.74) is 0.923. The zero-order valence-electron chi connectivity index (χ0n) is 19.2. The molecule has 0 radical (unpaired) electrons. The minimum absolute atomic E-state index is 0.0301. The lowest BCUT2D eigenvalue weighted by Gasteiger charge is -2.32. The quantitative estimate of drug-likeness (QED) is 0.212. The maximum Gasteiger partial charge on any atom is 0.187 e.